The summed E-state index contributed by atoms with van der Waals surface area (Å²) >= 11 is 3.06. The van der Waals surface area contributed by atoms with Crippen LogP contribution in [0, 0.1) is 27.9 Å². The highest BCUT2D eigenvalue weighted by Gasteiger charge is 2.42. The van der Waals surface area contributed by atoms with Crippen molar-refractivity contribution in [2.24, 2.45) is 17.8 Å². The first kappa shape index (κ1) is 14.5. The summed E-state index contributed by atoms with van der Waals surface area (Å²) in [6.07, 6.45) is 5.03. The number of aromatic amines is 1. The molecule has 2 bridgehead atoms. The van der Waals surface area contributed by atoms with Gasteiger partial charge in [0.25, 0.3) is 5.91 Å². The molecule has 1 aromatic rings. The van der Waals surface area contributed by atoms with Crippen LogP contribution in [0.4, 0.5) is 5.82 Å². The number of hydrogen-bond donors (Lipinski definition) is 2. The molecular formula is C13H17BrN4O3. The van der Waals surface area contributed by atoms with E-state index in [4.69, 9.17) is 0 Å². The zero-order valence-electron chi connectivity index (χ0n) is 11.6. The van der Waals surface area contributed by atoms with Gasteiger partial charge >= 0.3 is 5.82 Å². The summed E-state index contributed by atoms with van der Waals surface area (Å²) in [4.78, 5) is 22.4. The van der Waals surface area contributed by atoms with Crippen molar-refractivity contribution in [3.63, 3.8) is 0 Å². The second-order valence-electron chi connectivity index (χ2n) is 6.09. The number of hydrogen-bond acceptors (Lipinski definition) is 4. The summed E-state index contributed by atoms with van der Waals surface area (Å²) in [5.41, 5.74) is 0.0386. The van der Waals surface area contributed by atoms with E-state index in [2.05, 4.69) is 31.4 Å². The Morgan fingerprint density at radius 2 is 2.29 bits per heavy atom. The highest BCUT2D eigenvalue weighted by Crippen LogP contribution is 2.49. The molecule has 2 aliphatic carbocycles. The summed E-state index contributed by atoms with van der Waals surface area (Å²) in [5, 5.41) is 19.7. The number of nitrogens with zero attached hydrogens (tertiary/aromatic N) is 2. The Kier molecular flexibility index (Phi) is 3.73. The Hall–Kier alpha value is -1.44. The molecule has 114 valence electrons. The van der Waals surface area contributed by atoms with Crippen LogP contribution in [0.25, 0.3) is 0 Å². The predicted molar refractivity (Wildman–Crippen MR) is 78.8 cm³/mol. The van der Waals surface area contributed by atoms with Crippen molar-refractivity contribution in [2.45, 2.75) is 38.6 Å². The van der Waals surface area contributed by atoms with E-state index in [-0.39, 0.29) is 27.9 Å². The van der Waals surface area contributed by atoms with Crippen LogP contribution in [0.5, 0.6) is 0 Å². The van der Waals surface area contributed by atoms with Gasteiger partial charge in [0.05, 0.1) is 0 Å². The molecule has 4 atom stereocenters. The van der Waals surface area contributed by atoms with Crippen LogP contribution in [0.1, 0.15) is 43.1 Å². The van der Waals surface area contributed by atoms with E-state index >= 15 is 0 Å². The molecule has 1 aromatic heterocycles. The Bertz CT molecular complexity index is 588. The lowest BCUT2D eigenvalue weighted by Crippen LogP contribution is -2.40. The normalized spacial score (nSPS) is 28.6. The zero-order chi connectivity index (χ0) is 15.1. The Morgan fingerprint density at radius 1 is 1.52 bits per heavy atom. The first-order chi connectivity index (χ1) is 9.97. The largest absolute Gasteiger partial charge is 0.358 e. The van der Waals surface area contributed by atoms with Crippen molar-refractivity contribution in [1.29, 1.82) is 0 Å². The molecule has 1 heterocycles. The molecule has 2 N–H and O–H groups in total. The van der Waals surface area contributed by atoms with Crippen LogP contribution in [-0.4, -0.2) is 27.1 Å². The van der Waals surface area contributed by atoms with E-state index in [9.17, 15) is 14.9 Å². The summed E-state index contributed by atoms with van der Waals surface area (Å²) in [7, 11) is 0. The number of halogens is 1. The van der Waals surface area contributed by atoms with Gasteiger partial charge in [-0.15, -0.1) is 5.10 Å². The van der Waals surface area contributed by atoms with E-state index in [1.165, 1.54) is 25.7 Å². The zero-order valence-corrected chi connectivity index (χ0v) is 13.2. The van der Waals surface area contributed by atoms with Gasteiger partial charge in [0.1, 0.15) is 4.47 Å². The Morgan fingerprint density at radius 3 is 2.81 bits per heavy atom. The van der Waals surface area contributed by atoms with Crippen LogP contribution >= 0.6 is 15.9 Å². The molecule has 0 saturated heterocycles. The topological polar surface area (TPSA) is 101 Å². The fourth-order valence-electron chi connectivity index (χ4n) is 3.88. The summed E-state index contributed by atoms with van der Waals surface area (Å²) in [5.74, 6) is 1.37. The average Bonchev–Trinajstić information content (AvgIpc) is 3.12. The van der Waals surface area contributed by atoms with Gasteiger partial charge in [0, 0.05) is 6.04 Å². The quantitative estimate of drug-likeness (QED) is 0.639. The first-order valence-electron chi connectivity index (χ1n) is 7.16. The summed E-state index contributed by atoms with van der Waals surface area (Å²) in [6, 6.07) is 0.0652. The third-order valence-corrected chi connectivity index (χ3v) is 5.63. The molecular weight excluding hydrogens is 340 g/mol. The molecule has 0 radical (unpaired) electrons. The second kappa shape index (κ2) is 5.40. The lowest BCUT2D eigenvalue weighted by atomic mass is 9.84. The molecule has 2 saturated carbocycles. The van der Waals surface area contributed by atoms with Crippen molar-refractivity contribution in [3.8, 4) is 0 Å². The molecule has 2 fully saturated rings. The highest BCUT2D eigenvalue weighted by atomic mass is 79.9. The minimum absolute atomic E-state index is 0.0386. The number of H-pyrrole nitrogens is 1. The van der Waals surface area contributed by atoms with E-state index in [1.807, 2.05) is 6.92 Å². The number of aromatic nitrogens is 2. The van der Waals surface area contributed by atoms with Crippen molar-refractivity contribution in [2.75, 3.05) is 0 Å². The fraction of sp³-hybridized carbons (Fsp3) is 0.692. The molecule has 4 unspecified atom stereocenters. The van der Waals surface area contributed by atoms with Gasteiger partial charge in [-0.1, -0.05) is 11.5 Å². The minimum Gasteiger partial charge on any atom is -0.358 e. The van der Waals surface area contributed by atoms with Gasteiger partial charge in [-0.05, 0) is 64.8 Å². The Labute approximate surface area is 130 Å². The first-order valence-corrected chi connectivity index (χ1v) is 7.95. The lowest BCUT2D eigenvalue weighted by Gasteiger charge is -2.28. The number of nitrogens with one attached hydrogen (secondary N) is 2. The maximum Gasteiger partial charge on any atom is 0.357 e. The lowest BCUT2D eigenvalue weighted by molar-refractivity contribution is -0.390. The van der Waals surface area contributed by atoms with Gasteiger partial charge < -0.3 is 15.4 Å². The molecule has 0 spiro atoms. The van der Waals surface area contributed by atoms with Crippen LogP contribution in [0.15, 0.2) is 4.47 Å². The highest BCUT2D eigenvalue weighted by molar-refractivity contribution is 9.10. The monoisotopic (exact) mass is 356 g/mol. The van der Waals surface area contributed by atoms with Gasteiger partial charge in [-0.3, -0.25) is 4.79 Å². The van der Waals surface area contributed by atoms with Crippen LogP contribution in [0.3, 0.4) is 0 Å². The van der Waals surface area contributed by atoms with Crippen LogP contribution in [-0.2, 0) is 0 Å². The van der Waals surface area contributed by atoms with E-state index in [1.54, 1.807) is 0 Å². The Balaban J connectivity index is 1.67. The van der Waals surface area contributed by atoms with Crippen LogP contribution in [0.2, 0.25) is 0 Å². The minimum atomic E-state index is -0.604. The third kappa shape index (κ3) is 2.56. The molecule has 0 aliphatic heterocycles. The third-order valence-electron chi connectivity index (χ3n) is 4.88. The molecule has 7 nitrogen and oxygen atoms in total. The van der Waals surface area contributed by atoms with Crippen molar-refractivity contribution >= 4 is 27.7 Å². The SMILES string of the molecule is CC(NC(=O)c1n[nH]c([N+](=O)[O-])c1Br)C1CC2CCC1C2. The van der Waals surface area contributed by atoms with Crippen molar-refractivity contribution in [1.82, 2.24) is 15.5 Å². The molecule has 1 amide bonds. The van der Waals surface area contributed by atoms with Crippen molar-refractivity contribution in [3.05, 3.63) is 20.3 Å². The summed E-state index contributed by atoms with van der Waals surface area (Å²) in [6.45, 7) is 2.01. The molecule has 8 heteroatoms. The summed E-state index contributed by atoms with van der Waals surface area (Å²) < 4.78 is 0.102. The molecule has 2 aliphatic rings. The number of rotatable bonds is 4. The number of amides is 1. The maximum absolute atomic E-state index is 12.2. The van der Waals surface area contributed by atoms with E-state index < -0.39 is 4.92 Å². The number of nitro groups is 1. The van der Waals surface area contributed by atoms with E-state index in [0.717, 1.165) is 5.92 Å². The van der Waals surface area contributed by atoms with Gasteiger partial charge in [-0.2, -0.15) is 0 Å². The van der Waals surface area contributed by atoms with Crippen molar-refractivity contribution < 1.29 is 9.72 Å². The van der Waals surface area contributed by atoms with Crippen LogP contribution < -0.4 is 5.32 Å². The number of carbonyl (C=O) groups is 1. The number of fused-ring (bicyclic) bond motifs is 2. The number of carbonyl (C=O) groups excluding carboxylic acids is 1. The predicted octanol–water partition coefficient (Wildman–Crippen LogP) is 2.63. The average molecular weight is 357 g/mol. The second-order valence-corrected chi connectivity index (χ2v) is 6.89. The standard InChI is InChI=1S/C13H17BrN4O3/c1-6(9-5-7-2-3-8(9)4-7)15-13(19)11-10(14)12(17-16-11)18(20)21/h6-9H,2-5H2,1H3,(H,15,19)(H,16,17). The molecule has 0 aromatic carbocycles. The molecule has 21 heavy (non-hydrogen) atoms. The van der Waals surface area contributed by atoms with Gasteiger partial charge in [0.15, 0.2) is 5.69 Å². The maximum atomic E-state index is 12.2. The molecule has 3 rings (SSSR count). The van der Waals surface area contributed by atoms with Gasteiger partial charge in [-0.25, -0.2) is 0 Å². The fourth-order valence-corrected chi connectivity index (χ4v) is 4.38. The van der Waals surface area contributed by atoms with Gasteiger partial charge in [0.2, 0.25) is 0 Å². The smallest absolute Gasteiger partial charge is 0.357 e. The van der Waals surface area contributed by atoms with E-state index in [0.29, 0.717) is 11.8 Å².